The number of nitrogens with one attached hydrogen (secondary N) is 2. The molecule has 0 aromatic heterocycles. The fourth-order valence-electron chi connectivity index (χ4n) is 2.65. The average molecular weight is 316 g/mol. The van der Waals surface area contributed by atoms with Gasteiger partial charge >= 0.3 is 0 Å². The Morgan fingerprint density at radius 2 is 2.09 bits per heavy atom. The van der Waals surface area contributed by atoms with Gasteiger partial charge in [-0.2, -0.15) is 0 Å². The monoisotopic (exact) mass is 316 g/mol. The van der Waals surface area contributed by atoms with Gasteiger partial charge in [0, 0.05) is 25.3 Å². The van der Waals surface area contributed by atoms with Crippen molar-refractivity contribution < 1.29 is 4.79 Å². The van der Waals surface area contributed by atoms with E-state index in [1.807, 2.05) is 30.0 Å². The topological polar surface area (TPSA) is 56.7 Å². The van der Waals surface area contributed by atoms with Gasteiger partial charge in [-0.15, -0.1) is 0 Å². The number of para-hydroxylation sites is 1. The van der Waals surface area contributed by atoms with E-state index in [9.17, 15) is 4.79 Å². The van der Waals surface area contributed by atoms with Gasteiger partial charge < -0.3 is 15.5 Å². The maximum Gasteiger partial charge on any atom is 0.248 e. The summed E-state index contributed by atoms with van der Waals surface area (Å²) >= 11 is 0. The summed E-state index contributed by atoms with van der Waals surface area (Å²) in [6.07, 6.45) is 2.01. The molecule has 1 aliphatic rings. The normalized spacial score (nSPS) is 14.1. The van der Waals surface area contributed by atoms with E-state index in [0.29, 0.717) is 11.9 Å². The maximum atomic E-state index is 12.5. The van der Waals surface area contributed by atoms with E-state index in [2.05, 4.69) is 35.5 Å². The molecule has 2 rings (SSSR count). The summed E-state index contributed by atoms with van der Waals surface area (Å²) < 4.78 is 0. The lowest BCUT2D eigenvalue weighted by atomic mass is 10.1. The molecule has 0 unspecified atom stereocenters. The first-order chi connectivity index (χ1) is 11.1. The molecule has 1 amide bonds. The van der Waals surface area contributed by atoms with Crippen molar-refractivity contribution in [3.63, 3.8) is 0 Å². The maximum absolute atomic E-state index is 12.5. The van der Waals surface area contributed by atoms with Crippen LogP contribution in [0.5, 0.6) is 0 Å². The zero-order valence-electron chi connectivity index (χ0n) is 14.4. The first-order valence-corrected chi connectivity index (χ1v) is 8.52. The van der Waals surface area contributed by atoms with Crippen LogP contribution in [0.1, 0.15) is 32.8 Å². The zero-order valence-corrected chi connectivity index (χ0v) is 14.4. The lowest BCUT2D eigenvalue weighted by molar-refractivity contribution is -0.117. The molecule has 1 aromatic carbocycles. The Morgan fingerprint density at radius 1 is 1.30 bits per heavy atom. The van der Waals surface area contributed by atoms with Crippen LogP contribution >= 0.6 is 0 Å². The Hall–Kier alpha value is -2.04. The van der Waals surface area contributed by atoms with Crippen LogP contribution in [0.3, 0.4) is 0 Å². The van der Waals surface area contributed by atoms with E-state index in [0.717, 1.165) is 38.2 Å². The molecule has 1 aromatic rings. The molecule has 0 aliphatic carbocycles. The van der Waals surface area contributed by atoms with Crippen molar-refractivity contribution in [1.82, 2.24) is 10.6 Å². The van der Waals surface area contributed by atoms with E-state index >= 15 is 0 Å². The van der Waals surface area contributed by atoms with Gasteiger partial charge in [0.05, 0.1) is 0 Å². The molecular weight excluding hydrogens is 288 g/mol. The number of fused-ring (bicyclic) bond motifs is 1. The molecule has 23 heavy (non-hydrogen) atoms. The van der Waals surface area contributed by atoms with Crippen molar-refractivity contribution in [2.75, 3.05) is 31.1 Å². The van der Waals surface area contributed by atoms with Crippen LogP contribution in [0.15, 0.2) is 29.3 Å². The SMILES string of the molecule is CCNC(=NCC(=O)N1CCc2ccccc21)NCCC(C)C. The van der Waals surface area contributed by atoms with Gasteiger partial charge in [-0.3, -0.25) is 4.79 Å². The number of benzene rings is 1. The highest BCUT2D eigenvalue weighted by Crippen LogP contribution is 2.27. The third-order valence-corrected chi connectivity index (χ3v) is 3.92. The Balaban J connectivity index is 1.92. The molecule has 0 radical (unpaired) electrons. The fraction of sp³-hybridized carbons (Fsp3) is 0.556. The highest BCUT2D eigenvalue weighted by molar-refractivity contribution is 5.98. The van der Waals surface area contributed by atoms with Gasteiger partial charge in [0.15, 0.2) is 5.96 Å². The lowest BCUT2D eigenvalue weighted by Gasteiger charge is -2.17. The largest absolute Gasteiger partial charge is 0.357 e. The minimum Gasteiger partial charge on any atom is -0.357 e. The van der Waals surface area contributed by atoms with Crippen LogP contribution in [0, 0.1) is 5.92 Å². The molecule has 0 saturated carbocycles. The third-order valence-electron chi connectivity index (χ3n) is 3.92. The second kappa shape index (κ2) is 8.56. The van der Waals surface area contributed by atoms with Gasteiger partial charge in [-0.1, -0.05) is 32.0 Å². The van der Waals surface area contributed by atoms with Crippen molar-refractivity contribution in [2.45, 2.75) is 33.6 Å². The number of nitrogens with zero attached hydrogens (tertiary/aromatic N) is 2. The molecular formula is C18H28N4O. The van der Waals surface area contributed by atoms with Gasteiger partial charge in [-0.25, -0.2) is 4.99 Å². The lowest BCUT2D eigenvalue weighted by Crippen LogP contribution is -2.39. The van der Waals surface area contributed by atoms with Crippen molar-refractivity contribution >= 4 is 17.6 Å². The zero-order chi connectivity index (χ0) is 16.7. The molecule has 0 bridgehead atoms. The highest BCUT2D eigenvalue weighted by atomic mass is 16.2. The quantitative estimate of drug-likeness (QED) is 0.625. The standard InChI is InChI=1S/C18H28N4O/c1-4-19-18(20-11-9-14(2)3)21-13-17(23)22-12-10-15-7-5-6-8-16(15)22/h5-8,14H,4,9-13H2,1-3H3,(H2,19,20,21). The van der Waals surface area contributed by atoms with Gasteiger partial charge in [0.2, 0.25) is 5.91 Å². The van der Waals surface area contributed by atoms with Crippen LogP contribution in [-0.2, 0) is 11.2 Å². The number of rotatable bonds is 6. The Labute approximate surface area is 139 Å². The average Bonchev–Trinajstić information content (AvgIpc) is 2.96. The van der Waals surface area contributed by atoms with Crippen molar-refractivity contribution in [3.05, 3.63) is 29.8 Å². The second-order valence-electron chi connectivity index (χ2n) is 6.23. The number of carbonyl (C=O) groups excluding carboxylic acids is 1. The molecule has 2 N–H and O–H groups in total. The summed E-state index contributed by atoms with van der Waals surface area (Å²) in [5, 5.41) is 6.47. The molecule has 0 spiro atoms. The van der Waals surface area contributed by atoms with Crippen LogP contribution in [0.25, 0.3) is 0 Å². The molecule has 1 heterocycles. The van der Waals surface area contributed by atoms with Crippen LogP contribution in [0.4, 0.5) is 5.69 Å². The number of hydrogen-bond acceptors (Lipinski definition) is 2. The smallest absolute Gasteiger partial charge is 0.248 e. The molecule has 0 fully saturated rings. The first-order valence-electron chi connectivity index (χ1n) is 8.52. The minimum atomic E-state index is 0.0519. The molecule has 5 nitrogen and oxygen atoms in total. The number of guanidine groups is 1. The van der Waals surface area contributed by atoms with Gasteiger partial charge in [-0.05, 0) is 37.3 Å². The van der Waals surface area contributed by atoms with E-state index in [4.69, 9.17) is 0 Å². The predicted molar refractivity (Wildman–Crippen MR) is 95.9 cm³/mol. The van der Waals surface area contributed by atoms with Gasteiger partial charge in [0.1, 0.15) is 6.54 Å². The highest BCUT2D eigenvalue weighted by Gasteiger charge is 2.23. The van der Waals surface area contributed by atoms with Crippen molar-refractivity contribution in [1.29, 1.82) is 0 Å². The third kappa shape index (κ3) is 4.98. The van der Waals surface area contributed by atoms with Crippen molar-refractivity contribution in [2.24, 2.45) is 10.9 Å². The summed E-state index contributed by atoms with van der Waals surface area (Å²) in [5.74, 6) is 1.41. The number of aliphatic imine (C=N–C) groups is 1. The van der Waals surface area contributed by atoms with Crippen LogP contribution < -0.4 is 15.5 Å². The van der Waals surface area contributed by atoms with Gasteiger partial charge in [0.25, 0.3) is 0 Å². The Bertz CT molecular complexity index is 554. The number of hydrogen-bond donors (Lipinski definition) is 2. The predicted octanol–water partition coefficient (Wildman–Crippen LogP) is 2.18. The molecule has 126 valence electrons. The summed E-state index contributed by atoms with van der Waals surface area (Å²) in [4.78, 5) is 18.7. The van der Waals surface area contributed by atoms with Crippen molar-refractivity contribution in [3.8, 4) is 0 Å². The Kier molecular flexibility index (Phi) is 6.44. The summed E-state index contributed by atoms with van der Waals surface area (Å²) in [5.41, 5.74) is 2.28. The van der Waals surface area contributed by atoms with E-state index in [1.54, 1.807) is 0 Å². The molecule has 0 atom stereocenters. The Morgan fingerprint density at radius 3 is 2.83 bits per heavy atom. The number of anilines is 1. The molecule has 5 heteroatoms. The number of amides is 1. The second-order valence-corrected chi connectivity index (χ2v) is 6.23. The first kappa shape index (κ1) is 17.3. The molecule has 0 saturated heterocycles. The van der Waals surface area contributed by atoms with E-state index in [1.165, 1.54) is 5.56 Å². The summed E-state index contributed by atoms with van der Waals surface area (Å²) in [6, 6.07) is 8.09. The summed E-state index contributed by atoms with van der Waals surface area (Å²) in [6.45, 7) is 8.99. The van der Waals surface area contributed by atoms with E-state index < -0.39 is 0 Å². The van der Waals surface area contributed by atoms with Crippen LogP contribution in [-0.4, -0.2) is 38.0 Å². The van der Waals surface area contributed by atoms with E-state index in [-0.39, 0.29) is 12.5 Å². The minimum absolute atomic E-state index is 0.0519. The van der Waals surface area contributed by atoms with Crippen LogP contribution in [0.2, 0.25) is 0 Å². The molecule has 1 aliphatic heterocycles. The number of carbonyl (C=O) groups is 1. The summed E-state index contributed by atoms with van der Waals surface area (Å²) in [7, 11) is 0. The fourth-order valence-corrected chi connectivity index (χ4v) is 2.65.